The summed E-state index contributed by atoms with van der Waals surface area (Å²) in [5.41, 5.74) is 0. The summed E-state index contributed by atoms with van der Waals surface area (Å²) < 4.78 is 5.89. The minimum Gasteiger partial charge on any atom is -0.373 e. The Balaban J connectivity index is 1.39. The van der Waals surface area contributed by atoms with Crippen molar-refractivity contribution in [2.24, 2.45) is 11.8 Å². The molecule has 2 aliphatic heterocycles. The smallest absolute Gasteiger partial charge is 0.0733 e. The van der Waals surface area contributed by atoms with Gasteiger partial charge in [-0.05, 0) is 43.9 Å². The number of allylic oxidation sites excluding steroid dienone is 1. The molecular weight excluding hydrogens is 186 g/mol. The molecule has 2 aliphatic carbocycles. The first-order valence-electron chi connectivity index (χ1n) is 6.48. The molecular formula is C13H19NO. The van der Waals surface area contributed by atoms with Crippen molar-refractivity contribution in [2.45, 2.75) is 56.4 Å². The zero-order valence-corrected chi connectivity index (χ0v) is 9.06. The first kappa shape index (κ1) is 8.77. The fraction of sp³-hybridized carbons (Fsp3) is 0.846. The standard InChI is InChI=1S/C13H19NO/c1-2-8-6-11(10(8)3-1)14-12-7-9-4-5-13(12)15-9/h1,3,8-14H,2,4-7H2. The van der Waals surface area contributed by atoms with E-state index in [9.17, 15) is 0 Å². The molecule has 1 saturated carbocycles. The molecule has 0 aromatic carbocycles. The average molecular weight is 205 g/mol. The summed E-state index contributed by atoms with van der Waals surface area (Å²) in [6, 6.07) is 1.44. The Labute approximate surface area is 91.1 Å². The molecule has 82 valence electrons. The van der Waals surface area contributed by atoms with E-state index >= 15 is 0 Å². The van der Waals surface area contributed by atoms with Crippen LogP contribution in [0.25, 0.3) is 0 Å². The third kappa shape index (κ3) is 1.24. The zero-order chi connectivity index (χ0) is 9.83. The predicted octanol–water partition coefficient (Wildman–Crippen LogP) is 1.86. The lowest BCUT2D eigenvalue weighted by Crippen LogP contribution is -2.54. The van der Waals surface area contributed by atoms with Crippen molar-refractivity contribution < 1.29 is 4.74 Å². The summed E-state index contributed by atoms with van der Waals surface area (Å²) in [4.78, 5) is 0. The summed E-state index contributed by atoms with van der Waals surface area (Å²) in [5, 5.41) is 3.84. The lowest BCUT2D eigenvalue weighted by molar-refractivity contribution is 0.0849. The van der Waals surface area contributed by atoms with Gasteiger partial charge in [-0.25, -0.2) is 0 Å². The quantitative estimate of drug-likeness (QED) is 0.695. The van der Waals surface area contributed by atoms with Gasteiger partial charge in [-0.1, -0.05) is 12.2 Å². The molecule has 0 aromatic rings. The molecule has 2 heteroatoms. The van der Waals surface area contributed by atoms with E-state index in [1.807, 2.05) is 0 Å². The molecule has 4 aliphatic rings. The lowest BCUT2D eigenvalue weighted by Gasteiger charge is -2.43. The normalized spacial score (nSPS) is 55.7. The van der Waals surface area contributed by atoms with Gasteiger partial charge in [0.15, 0.2) is 0 Å². The van der Waals surface area contributed by atoms with Gasteiger partial charge in [0, 0.05) is 12.1 Å². The summed E-state index contributed by atoms with van der Waals surface area (Å²) in [5.74, 6) is 1.83. The van der Waals surface area contributed by atoms with Gasteiger partial charge < -0.3 is 10.1 Å². The van der Waals surface area contributed by atoms with E-state index in [1.54, 1.807) is 0 Å². The van der Waals surface area contributed by atoms with Crippen LogP contribution in [0.5, 0.6) is 0 Å². The van der Waals surface area contributed by atoms with Crippen LogP contribution in [-0.2, 0) is 4.74 Å². The molecule has 3 fully saturated rings. The molecule has 6 unspecified atom stereocenters. The highest BCUT2D eigenvalue weighted by atomic mass is 16.5. The largest absolute Gasteiger partial charge is 0.373 e. The molecule has 2 bridgehead atoms. The van der Waals surface area contributed by atoms with Crippen molar-refractivity contribution in [2.75, 3.05) is 0 Å². The SMILES string of the molecule is C1=CC2C(C1)CC2NC1CC2CCC1O2. The van der Waals surface area contributed by atoms with Gasteiger partial charge in [0.1, 0.15) is 0 Å². The summed E-state index contributed by atoms with van der Waals surface area (Å²) in [7, 11) is 0. The molecule has 0 amide bonds. The Kier molecular flexibility index (Phi) is 1.80. The van der Waals surface area contributed by atoms with Crippen LogP contribution < -0.4 is 5.32 Å². The highest BCUT2D eigenvalue weighted by Gasteiger charge is 2.46. The highest BCUT2D eigenvalue weighted by Crippen LogP contribution is 2.44. The van der Waals surface area contributed by atoms with Gasteiger partial charge >= 0.3 is 0 Å². The second-order valence-electron chi connectivity index (χ2n) is 5.73. The van der Waals surface area contributed by atoms with Crippen molar-refractivity contribution in [1.82, 2.24) is 5.32 Å². The van der Waals surface area contributed by atoms with Gasteiger partial charge in [-0.3, -0.25) is 0 Å². The molecule has 2 heterocycles. The number of fused-ring (bicyclic) bond motifs is 3. The number of hydrogen-bond donors (Lipinski definition) is 1. The van der Waals surface area contributed by atoms with E-state index in [1.165, 1.54) is 32.1 Å². The third-order valence-corrected chi connectivity index (χ3v) is 4.90. The molecule has 0 aromatic heterocycles. The summed E-state index contributed by atoms with van der Waals surface area (Å²) in [6.07, 6.45) is 12.5. The maximum Gasteiger partial charge on any atom is 0.0733 e. The van der Waals surface area contributed by atoms with Crippen LogP contribution in [0, 0.1) is 11.8 Å². The maximum absolute atomic E-state index is 5.89. The molecule has 2 saturated heterocycles. The number of rotatable bonds is 2. The van der Waals surface area contributed by atoms with Crippen LogP contribution in [0.4, 0.5) is 0 Å². The second kappa shape index (κ2) is 3.08. The monoisotopic (exact) mass is 205 g/mol. The molecule has 2 nitrogen and oxygen atoms in total. The van der Waals surface area contributed by atoms with E-state index in [4.69, 9.17) is 4.74 Å². The van der Waals surface area contributed by atoms with E-state index in [2.05, 4.69) is 17.5 Å². The zero-order valence-electron chi connectivity index (χ0n) is 9.06. The second-order valence-corrected chi connectivity index (χ2v) is 5.73. The Morgan fingerprint density at radius 3 is 2.87 bits per heavy atom. The van der Waals surface area contributed by atoms with Crippen LogP contribution in [-0.4, -0.2) is 24.3 Å². The van der Waals surface area contributed by atoms with Crippen molar-refractivity contribution >= 4 is 0 Å². The van der Waals surface area contributed by atoms with Crippen LogP contribution >= 0.6 is 0 Å². The maximum atomic E-state index is 5.89. The molecule has 4 rings (SSSR count). The van der Waals surface area contributed by atoms with Gasteiger partial charge in [-0.2, -0.15) is 0 Å². The Bertz CT molecular complexity index is 301. The topological polar surface area (TPSA) is 21.3 Å². The van der Waals surface area contributed by atoms with Crippen molar-refractivity contribution in [3.63, 3.8) is 0 Å². The lowest BCUT2D eigenvalue weighted by atomic mass is 9.71. The van der Waals surface area contributed by atoms with Gasteiger partial charge in [0.25, 0.3) is 0 Å². The fourth-order valence-corrected chi connectivity index (χ4v) is 4.00. The summed E-state index contributed by atoms with van der Waals surface area (Å²) in [6.45, 7) is 0. The van der Waals surface area contributed by atoms with Gasteiger partial charge in [-0.15, -0.1) is 0 Å². The van der Waals surface area contributed by atoms with Crippen molar-refractivity contribution in [1.29, 1.82) is 0 Å². The van der Waals surface area contributed by atoms with E-state index in [0.717, 1.165) is 17.9 Å². The minimum absolute atomic E-state index is 0.541. The predicted molar refractivity (Wildman–Crippen MR) is 58.6 cm³/mol. The van der Waals surface area contributed by atoms with Crippen LogP contribution in [0.15, 0.2) is 12.2 Å². The van der Waals surface area contributed by atoms with E-state index in [-0.39, 0.29) is 0 Å². The number of hydrogen-bond acceptors (Lipinski definition) is 2. The Morgan fingerprint density at radius 1 is 1.13 bits per heavy atom. The average Bonchev–Trinajstić information content (AvgIpc) is 2.88. The van der Waals surface area contributed by atoms with Gasteiger partial charge in [0.05, 0.1) is 12.2 Å². The summed E-state index contributed by atoms with van der Waals surface area (Å²) >= 11 is 0. The fourth-order valence-electron chi connectivity index (χ4n) is 4.00. The van der Waals surface area contributed by atoms with Crippen molar-refractivity contribution in [3.05, 3.63) is 12.2 Å². The molecule has 0 spiro atoms. The number of ether oxygens (including phenoxy) is 1. The van der Waals surface area contributed by atoms with E-state index in [0.29, 0.717) is 18.2 Å². The van der Waals surface area contributed by atoms with Crippen LogP contribution in [0.3, 0.4) is 0 Å². The first-order chi connectivity index (χ1) is 7.40. The third-order valence-electron chi connectivity index (χ3n) is 4.90. The van der Waals surface area contributed by atoms with Crippen LogP contribution in [0.1, 0.15) is 32.1 Å². The number of nitrogens with one attached hydrogen (secondary N) is 1. The highest BCUT2D eigenvalue weighted by molar-refractivity contribution is 5.14. The minimum atomic E-state index is 0.541. The van der Waals surface area contributed by atoms with E-state index < -0.39 is 0 Å². The Hall–Kier alpha value is -0.340. The Morgan fingerprint density at radius 2 is 2.13 bits per heavy atom. The molecule has 1 N–H and O–H groups in total. The first-order valence-corrected chi connectivity index (χ1v) is 6.48. The van der Waals surface area contributed by atoms with Crippen LogP contribution in [0.2, 0.25) is 0 Å². The molecule has 6 atom stereocenters. The molecule has 15 heavy (non-hydrogen) atoms. The van der Waals surface area contributed by atoms with Crippen molar-refractivity contribution in [3.8, 4) is 0 Å². The van der Waals surface area contributed by atoms with Gasteiger partial charge in [0.2, 0.25) is 0 Å². The molecule has 0 radical (unpaired) electrons.